The second kappa shape index (κ2) is 9.20. The summed E-state index contributed by atoms with van der Waals surface area (Å²) >= 11 is 1.44. The number of nitrogens with one attached hydrogen (secondary N) is 1. The highest BCUT2D eigenvalue weighted by Gasteiger charge is 2.23. The summed E-state index contributed by atoms with van der Waals surface area (Å²) in [6.45, 7) is 0. The number of aromatic nitrogens is 3. The number of para-hydroxylation sites is 1. The van der Waals surface area contributed by atoms with Gasteiger partial charge in [-0.15, -0.1) is 0 Å². The molecule has 3 aromatic carbocycles. The van der Waals surface area contributed by atoms with Crippen LogP contribution in [0.25, 0.3) is 32.6 Å². The highest BCUT2D eigenvalue weighted by Crippen LogP contribution is 2.36. The highest BCUT2D eigenvalue weighted by molar-refractivity contribution is 7.22. The van der Waals surface area contributed by atoms with Gasteiger partial charge >= 0.3 is 5.97 Å². The Kier molecular flexibility index (Phi) is 5.73. The average Bonchev–Trinajstić information content (AvgIpc) is 3.49. The number of aromatic carboxylic acids is 1. The first-order valence-electron chi connectivity index (χ1n) is 12.1. The van der Waals surface area contributed by atoms with Gasteiger partial charge in [-0.2, -0.15) is 0 Å². The van der Waals surface area contributed by atoms with Crippen LogP contribution in [0.3, 0.4) is 0 Å². The zero-order valence-corrected chi connectivity index (χ0v) is 20.3. The Morgan fingerprint density at radius 3 is 2.53 bits per heavy atom. The number of anilines is 1. The monoisotopic (exact) mass is 496 g/mol. The molecule has 7 nitrogen and oxygen atoms in total. The number of carboxylic acid groups (broad SMARTS) is 1. The minimum absolute atomic E-state index is 0.214. The molecule has 5 aromatic rings. The van der Waals surface area contributed by atoms with E-state index in [2.05, 4.69) is 14.9 Å². The van der Waals surface area contributed by atoms with Crippen LogP contribution in [0.4, 0.5) is 5.13 Å². The molecule has 0 saturated heterocycles. The molecule has 1 fully saturated rings. The normalized spacial score (nSPS) is 14.3. The number of benzene rings is 3. The molecule has 0 atom stereocenters. The van der Waals surface area contributed by atoms with Gasteiger partial charge in [0.05, 0.1) is 26.8 Å². The van der Waals surface area contributed by atoms with Gasteiger partial charge in [0, 0.05) is 17.2 Å². The lowest BCUT2D eigenvalue weighted by molar-refractivity contribution is 0.0696. The minimum atomic E-state index is -0.973. The second-order valence-electron chi connectivity index (χ2n) is 9.13. The van der Waals surface area contributed by atoms with Crippen molar-refractivity contribution in [3.8, 4) is 11.4 Å². The van der Waals surface area contributed by atoms with Gasteiger partial charge in [-0.1, -0.05) is 54.9 Å². The molecular weight excluding hydrogens is 472 g/mol. The molecule has 2 N–H and O–H groups in total. The Morgan fingerprint density at radius 2 is 1.72 bits per heavy atom. The van der Waals surface area contributed by atoms with Crippen molar-refractivity contribution in [2.75, 3.05) is 5.32 Å². The SMILES string of the molecule is O=C(O)c1ccc2c(c1)nc(-c1cccc(C(=O)Nc3nc4ccccc4s3)c1)n2C1CCCCC1. The maximum Gasteiger partial charge on any atom is 0.335 e. The fourth-order valence-corrected chi connectivity index (χ4v) is 5.90. The van der Waals surface area contributed by atoms with E-state index in [-0.39, 0.29) is 17.5 Å². The third-order valence-electron chi connectivity index (χ3n) is 6.77. The average molecular weight is 497 g/mol. The van der Waals surface area contributed by atoms with Gasteiger partial charge in [0.25, 0.3) is 5.91 Å². The number of nitrogens with zero attached hydrogens (tertiary/aromatic N) is 3. The lowest BCUT2D eigenvalue weighted by Crippen LogP contribution is -2.14. The summed E-state index contributed by atoms with van der Waals surface area (Å²) < 4.78 is 3.26. The van der Waals surface area contributed by atoms with E-state index in [0.29, 0.717) is 16.2 Å². The van der Waals surface area contributed by atoms with Crippen molar-refractivity contribution in [3.05, 3.63) is 77.9 Å². The number of imidazole rings is 1. The molecule has 2 aromatic heterocycles. The van der Waals surface area contributed by atoms with E-state index >= 15 is 0 Å². The van der Waals surface area contributed by atoms with Crippen LogP contribution < -0.4 is 5.32 Å². The molecular formula is C28H24N4O3S. The van der Waals surface area contributed by atoms with E-state index in [1.807, 2.05) is 48.5 Å². The van der Waals surface area contributed by atoms with Crippen LogP contribution in [0, 0.1) is 0 Å². The second-order valence-corrected chi connectivity index (χ2v) is 10.2. The summed E-state index contributed by atoms with van der Waals surface area (Å²) in [5.41, 5.74) is 3.98. The molecule has 1 saturated carbocycles. The van der Waals surface area contributed by atoms with Crippen molar-refractivity contribution in [1.82, 2.24) is 14.5 Å². The lowest BCUT2D eigenvalue weighted by Gasteiger charge is -2.25. The van der Waals surface area contributed by atoms with E-state index in [9.17, 15) is 14.7 Å². The molecule has 2 heterocycles. The summed E-state index contributed by atoms with van der Waals surface area (Å²) in [4.78, 5) is 34.0. The third-order valence-corrected chi connectivity index (χ3v) is 7.73. The molecule has 0 aliphatic heterocycles. The molecule has 6 rings (SSSR count). The largest absolute Gasteiger partial charge is 0.478 e. The first-order chi connectivity index (χ1) is 17.6. The molecule has 0 unspecified atom stereocenters. The number of hydrogen-bond acceptors (Lipinski definition) is 5. The number of fused-ring (bicyclic) bond motifs is 2. The first kappa shape index (κ1) is 22.4. The molecule has 1 aliphatic rings. The van der Waals surface area contributed by atoms with E-state index < -0.39 is 5.97 Å². The first-order valence-corrected chi connectivity index (χ1v) is 12.9. The molecule has 1 aliphatic carbocycles. The van der Waals surface area contributed by atoms with Crippen LogP contribution in [0.5, 0.6) is 0 Å². The van der Waals surface area contributed by atoms with E-state index in [0.717, 1.165) is 52.8 Å². The van der Waals surface area contributed by atoms with Gasteiger partial charge in [-0.05, 0) is 55.3 Å². The zero-order chi connectivity index (χ0) is 24.6. The Balaban J connectivity index is 1.39. The van der Waals surface area contributed by atoms with Crippen LogP contribution >= 0.6 is 11.3 Å². The minimum Gasteiger partial charge on any atom is -0.478 e. The van der Waals surface area contributed by atoms with E-state index in [4.69, 9.17) is 4.98 Å². The Hall–Kier alpha value is -4.04. The number of hydrogen-bond donors (Lipinski definition) is 2. The predicted octanol–water partition coefficient (Wildman–Crippen LogP) is 6.77. The smallest absolute Gasteiger partial charge is 0.335 e. The predicted molar refractivity (Wildman–Crippen MR) is 142 cm³/mol. The molecule has 0 radical (unpaired) electrons. The van der Waals surface area contributed by atoms with Gasteiger partial charge in [0.15, 0.2) is 5.13 Å². The van der Waals surface area contributed by atoms with Crippen molar-refractivity contribution in [2.24, 2.45) is 0 Å². The van der Waals surface area contributed by atoms with E-state index in [1.54, 1.807) is 18.2 Å². The van der Waals surface area contributed by atoms with Crippen LogP contribution in [-0.4, -0.2) is 31.5 Å². The summed E-state index contributed by atoms with van der Waals surface area (Å²) in [6.07, 6.45) is 5.64. The van der Waals surface area contributed by atoms with Crippen molar-refractivity contribution in [2.45, 2.75) is 38.1 Å². The topological polar surface area (TPSA) is 97.1 Å². The number of carbonyl (C=O) groups is 2. The molecule has 0 spiro atoms. The Labute approximate surface area is 211 Å². The maximum atomic E-state index is 13.1. The standard InChI is InChI=1S/C28H24N4O3S/c33-26(31-28-30-21-11-4-5-12-24(21)36-28)18-8-6-7-17(15-18)25-29-22-16-19(27(34)35)13-14-23(22)32(25)20-9-2-1-3-10-20/h4-8,11-16,20H,1-3,9-10H2,(H,34,35)(H,30,31,33). The van der Waals surface area contributed by atoms with Crippen molar-refractivity contribution < 1.29 is 14.7 Å². The van der Waals surface area contributed by atoms with Crippen LogP contribution in [0.2, 0.25) is 0 Å². The quantitative estimate of drug-likeness (QED) is 0.280. The van der Waals surface area contributed by atoms with Gasteiger partial charge in [-0.3, -0.25) is 10.1 Å². The van der Waals surface area contributed by atoms with Gasteiger partial charge in [-0.25, -0.2) is 14.8 Å². The number of amides is 1. The molecule has 0 bridgehead atoms. The number of carbonyl (C=O) groups excluding carboxylic acids is 1. The fraction of sp³-hybridized carbons (Fsp3) is 0.214. The molecule has 36 heavy (non-hydrogen) atoms. The Bertz CT molecular complexity index is 1580. The zero-order valence-electron chi connectivity index (χ0n) is 19.5. The van der Waals surface area contributed by atoms with Gasteiger partial charge < -0.3 is 9.67 Å². The van der Waals surface area contributed by atoms with Crippen molar-refractivity contribution in [1.29, 1.82) is 0 Å². The highest BCUT2D eigenvalue weighted by atomic mass is 32.1. The Morgan fingerprint density at radius 1 is 0.889 bits per heavy atom. The van der Waals surface area contributed by atoms with Gasteiger partial charge in [0.2, 0.25) is 0 Å². The van der Waals surface area contributed by atoms with Gasteiger partial charge in [0.1, 0.15) is 5.82 Å². The number of carboxylic acids is 1. The summed E-state index contributed by atoms with van der Waals surface area (Å²) in [7, 11) is 0. The summed E-state index contributed by atoms with van der Waals surface area (Å²) in [5.74, 6) is -0.447. The van der Waals surface area contributed by atoms with Crippen LogP contribution in [0.1, 0.15) is 58.9 Å². The van der Waals surface area contributed by atoms with Crippen molar-refractivity contribution >= 4 is 49.6 Å². The maximum absolute atomic E-state index is 13.1. The molecule has 1 amide bonds. The third kappa shape index (κ3) is 4.13. The number of rotatable bonds is 5. The summed E-state index contributed by atoms with van der Waals surface area (Å²) in [5, 5.41) is 13.0. The fourth-order valence-electron chi connectivity index (χ4n) is 5.04. The lowest BCUT2D eigenvalue weighted by atomic mass is 9.94. The molecule has 180 valence electrons. The van der Waals surface area contributed by atoms with E-state index in [1.165, 1.54) is 17.8 Å². The summed E-state index contributed by atoms with van der Waals surface area (Å²) in [6, 6.07) is 20.6. The van der Waals surface area contributed by atoms with Crippen LogP contribution in [0.15, 0.2) is 66.7 Å². The van der Waals surface area contributed by atoms with Crippen LogP contribution in [-0.2, 0) is 0 Å². The number of thiazole rings is 1. The molecule has 8 heteroatoms. The van der Waals surface area contributed by atoms with Crippen molar-refractivity contribution in [3.63, 3.8) is 0 Å².